The summed E-state index contributed by atoms with van der Waals surface area (Å²) < 4.78 is 2.48. The van der Waals surface area contributed by atoms with Crippen molar-refractivity contribution in [3.05, 3.63) is 58.1 Å². The van der Waals surface area contributed by atoms with Crippen LogP contribution in [0.25, 0.3) is 11.0 Å². The van der Waals surface area contributed by atoms with E-state index in [1.165, 1.54) is 53.8 Å². The van der Waals surface area contributed by atoms with Gasteiger partial charge in [-0.25, -0.2) is 9.97 Å². The zero-order chi connectivity index (χ0) is 17.7. The van der Waals surface area contributed by atoms with Crippen LogP contribution in [0.15, 0.2) is 30.5 Å². The molecule has 4 nitrogen and oxygen atoms in total. The van der Waals surface area contributed by atoms with Crippen LogP contribution < -0.4 is 0 Å². The van der Waals surface area contributed by atoms with Crippen molar-refractivity contribution < 1.29 is 0 Å². The third kappa shape index (κ3) is 2.63. The van der Waals surface area contributed by atoms with E-state index in [-0.39, 0.29) is 0 Å². The number of nitrogens with zero attached hydrogens (tertiary/aromatic N) is 4. The molecule has 1 saturated heterocycles. The van der Waals surface area contributed by atoms with Crippen molar-refractivity contribution >= 4 is 22.6 Å². The Morgan fingerprint density at radius 2 is 2.04 bits per heavy atom. The molecule has 2 aliphatic heterocycles. The van der Waals surface area contributed by atoms with Crippen molar-refractivity contribution in [2.75, 3.05) is 13.1 Å². The molecular formula is C21H23ClN4. The van der Waals surface area contributed by atoms with Crippen molar-refractivity contribution in [3.63, 3.8) is 0 Å². The molecule has 2 aromatic heterocycles. The fraction of sp³-hybridized carbons (Fsp3) is 0.429. The van der Waals surface area contributed by atoms with E-state index in [0.717, 1.165) is 30.2 Å². The van der Waals surface area contributed by atoms with Gasteiger partial charge in [-0.3, -0.25) is 4.90 Å². The lowest BCUT2D eigenvalue weighted by atomic mass is 9.98. The van der Waals surface area contributed by atoms with Gasteiger partial charge in [0, 0.05) is 41.8 Å². The van der Waals surface area contributed by atoms with Gasteiger partial charge in [0.15, 0.2) is 0 Å². The van der Waals surface area contributed by atoms with Crippen LogP contribution in [-0.4, -0.2) is 32.5 Å². The topological polar surface area (TPSA) is 34.0 Å². The fourth-order valence-electron chi connectivity index (χ4n) is 4.72. The highest BCUT2D eigenvalue weighted by molar-refractivity contribution is 6.30. The van der Waals surface area contributed by atoms with Crippen LogP contribution in [0.4, 0.5) is 0 Å². The maximum Gasteiger partial charge on any atom is 0.126 e. The number of halogens is 1. The summed E-state index contributed by atoms with van der Waals surface area (Å²) in [4.78, 5) is 12.0. The lowest BCUT2D eigenvalue weighted by Crippen LogP contribution is -2.31. The van der Waals surface area contributed by atoms with Crippen LogP contribution >= 0.6 is 11.6 Å². The molecule has 0 N–H and O–H groups in total. The second-order valence-corrected chi connectivity index (χ2v) is 7.92. The van der Waals surface area contributed by atoms with Crippen molar-refractivity contribution in [1.29, 1.82) is 0 Å². The molecule has 2 aliphatic rings. The Kier molecular flexibility index (Phi) is 3.98. The average molecular weight is 367 g/mol. The number of aromatic nitrogens is 3. The van der Waals surface area contributed by atoms with Gasteiger partial charge < -0.3 is 4.57 Å². The van der Waals surface area contributed by atoms with Crippen molar-refractivity contribution in [2.45, 2.75) is 45.2 Å². The highest BCUT2D eigenvalue weighted by atomic mass is 35.5. The first-order chi connectivity index (χ1) is 12.7. The summed E-state index contributed by atoms with van der Waals surface area (Å²) in [6.45, 7) is 5.35. The lowest BCUT2D eigenvalue weighted by molar-refractivity contribution is 0.241. The minimum atomic E-state index is 0.548. The summed E-state index contributed by atoms with van der Waals surface area (Å²) in [7, 11) is 0. The second kappa shape index (κ2) is 6.36. The number of hydrogen-bond donors (Lipinski definition) is 0. The minimum absolute atomic E-state index is 0.548. The zero-order valence-corrected chi connectivity index (χ0v) is 15.8. The normalized spacial score (nSPS) is 19.7. The van der Waals surface area contributed by atoms with Crippen LogP contribution in [0, 0.1) is 6.92 Å². The van der Waals surface area contributed by atoms with Gasteiger partial charge in [0.05, 0.1) is 17.2 Å². The molecule has 0 saturated carbocycles. The van der Waals surface area contributed by atoms with E-state index >= 15 is 0 Å². The molecule has 0 spiro atoms. The Bertz CT molecular complexity index is 960. The number of fused-ring (bicyclic) bond motifs is 5. The molecule has 3 aromatic rings. The average Bonchev–Trinajstić information content (AvgIpc) is 3.23. The number of benzene rings is 1. The molecule has 5 heteroatoms. The van der Waals surface area contributed by atoms with Gasteiger partial charge in [-0.05, 0) is 50.4 Å². The molecule has 134 valence electrons. The third-order valence-electron chi connectivity index (χ3n) is 5.94. The van der Waals surface area contributed by atoms with Crippen LogP contribution in [-0.2, 0) is 19.4 Å². The first-order valence-electron chi connectivity index (χ1n) is 9.54. The number of aryl methyl sites for hydroxylation is 3. The Hall–Kier alpha value is -1.91. The van der Waals surface area contributed by atoms with E-state index in [1.54, 1.807) is 0 Å². The smallest absolute Gasteiger partial charge is 0.126 e. The van der Waals surface area contributed by atoms with Crippen molar-refractivity contribution in [3.8, 4) is 0 Å². The monoisotopic (exact) mass is 366 g/mol. The van der Waals surface area contributed by atoms with E-state index in [0.29, 0.717) is 6.04 Å². The number of hydrogen-bond acceptors (Lipinski definition) is 3. The molecule has 0 bridgehead atoms. The largest absolute Gasteiger partial charge is 0.341 e. The van der Waals surface area contributed by atoms with Crippen molar-refractivity contribution in [2.24, 2.45) is 0 Å². The summed E-state index contributed by atoms with van der Waals surface area (Å²) in [5.41, 5.74) is 6.65. The first-order valence-corrected chi connectivity index (χ1v) is 9.91. The molecule has 5 rings (SSSR count). The van der Waals surface area contributed by atoms with Gasteiger partial charge in [-0.1, -0.05) is 23.7 Å². The van der Waals surface area contributed by atoms with Gasteiger partial charge in [0.1, 0.15) is 5.82 Å². The molecule has 0 amide bonds. The Morgan fingerprint density at radius 3 is 2.88 bits per heavy atom. The molecule has 0 radical (unpaired) electrons. The van der Waals surface area contributed by atoms with Gasteiger partial charge >= 0.3 is 0 Å². The summed E-state index contributed by atoms with van der Waals surface area (Å²) in [5, 5.41) is 0.794. The SMILES string of the molecule is Cc1ncc2c(n1)c1c(n2CCc2ccc(Cl)cc2)CCN2CCCC12. The van der Waals surface area contributed by atoms with Crippen LogP contribution in [0.3, 0.4) is 0 Å². The second-order valence-electron chi connectivity index (χ2n) is 7.48. The van der Waals surface area contributed by atoms with E-state index in [9.17, 15) is 0 Å². The van der Waals surface area contributed by atoms with E-state index in [1.807, 2.05) is 25.3 Å². The molecule has 0 aliphatic carbocycles. The van der Waals surface area contributed by atoms with E-state index in [2.05, 4.69) is 26.6 Å². The van der Waals surface area contributed by atoms with E-state index in [4.69, 9.17) is 16.6 Å². The molecule has 26 heavy (non-hydrogen) atoms. The molecular weight excluding hydrogens is 344 g/mol. The third-order valence-corrected chi connectivity index (χ3v) is 6.19. The summed E-state index contributed by atoms with van der Waals surface area (Å²) in [6.07, 6.45) is 6.69. The molecule has 1 fully saturated rings. The fourth-order valence-corrected chi connectivity index (χ4v) is 4.85. The maximum absolute atomic E-state index is 6.02. The van der Waals surface area contributed by atoms with Gasteiger partial charge in [0.2, 0.25) is 0 Å². The van der Waals surface area contributed by atoms with Crippen LogP contribution in [0.2, 0.25) is 5.02 Å². The van der Waals surface area contributed by atoms with Gasteiger partial charge in [0.25, 0.3) is 0 Å². The summed E-state index contributed by atoms with van der Waals surface area (Å²) >= 11 is 6.02. The maximum atomic E-state index is 6.02. The first kappa shape index (κ1) is 16.3. The van der Waals surface area contributed by atoms with Gasteiger partial charge in [-0.15, -0.1) is 0 Å². The highest BCUT2D eigenvalue weighted by Gasteiger charge is 2.35. The van der Waals surface area contributed by atoms with E-state index < -0.39 is 0 Å². The predicted molar refractivity (Wildman–Crippen MR) is 105 cm³/mol. The Morgan fingerprint density at radius 1 is 1.19 bits per heavy atom. The van der Waals surface area contributed by atoms with Crippen LogP contribution in [0.1, 0.15) is 41.5 Å². The molecule has 4 heterocycles. The minimum Gasteiger partial charge on any atom is -0.341 e. The summed E-state index contributed by atoms with van der Waals surface area (Å²) in [6, 6.07) is 8.75. The highest BCUT2D eigenvalue weighted by Crippen LogP contribution is 2.42. The lowest BCUT2D eigenvalue weighted by Gasteiger charge is -2.30. The van der Waals surface area contributed by atoms with Gasteiger partial charge in [-0.2, -0.15) is 0 Å². The molecule has 1 aromatic carbocycles. The Balaban J connectivity index is 1.57. The standard InChI is InChI=1S/C21H23ClN4/c1-14-23-13-19-21(24-14)20-17-3-2-10-25(17)11-9-18(20)26(19)12-8-15-4-6-16(22)7-5-15/h4-7,13,17H,2-3,8-12H2,1H3. The van der Waals surface area contributed by atoms with Crippen LogP contribution in [0.5, 0.6) is 0 Å². The summed E-state index contributed by atoms with van der Waals surface area (Å²) in [5.74, 6) is 0.866. The zero-order valence-electron chi connectivity index (χ0n) is 15.1. The number of rotatable bonds is 3. The Labute approximate surface area is 158 Å². The van der Waals surface area contributed by atoms with Crippen molar-refractivity contribution in [1.82, 2.24) is 19.4 Å². The quantitative estimate of drug-likeness (QED) is 0.691. The predicted octanol–water partition coefficient (Wildman–Crippen LogP) is 4.33. The molecule has 1 unspecified atom stereocenters. The molecule has 1 atom stereocenters.